The molecule has 22 heavy (non-hydrogen) atoms. The summed E-state index contributed by atoms with van der Waals surface area (Å²) < 4.78 is 0. The van der Waals surface area contributed by atoms with Gasteiger partial charge in [0.1, 0.15) is 0 Å². The highest BCUT2D eigenvalue weighted by Crippen LogP contribution is 2.26. The van der Waals surface area contributed by atoms with E-state index in [0.717, 1.165) is 11.8 Å². The highest BCUT2D eigenvalue weighted by molar-refractivity contribution is 5.81. The largest absolute Gasteiger partial charge is 0.366 e. The van der Waals surface area contributed by atoms with Crippen LogP contribution in [0.4, 0.5) is 0 Å². The maximum Gasteiger partial charge on any atom is 0.0984 e. The zero-order valence-electron chi connectivity index (χ0n) is 16.1. The van der Waals surface area contributed by atoms with Gasteiger partial charge in [0.05, 0.1) is 5.84 Å². The van der Waals surface area contributed by atoms with Crippen molar-refractivity contribution in [3.05, 3.63) is 0 Å². The molecule has 1 N–H and O–H groups in total. The van der Waals surface area contributed by atoms with E-state index in [4.69, 9.17) is 5.41 Å². The summed E-state index contributed by atoms with van der Waals surface area (Å²) in [6.07, 6.45) is 15.8. The molecular weight excluding hydrogens is 268 g/mol. The summed E-state index contributed by atoms with van der Waals surface area (Å²) >= 11 is 0. The lowest BCUT2D eigenvalue weighted by molar-refractivity contribution is 0.350. The van der Waals surface area contributed by atoms with Crippen LogP contribution in [-0.4, -0.2) is 24.8 Å². The smallest absolute Gasteiger partial charge is 0.0984 e. The zero-order chi connectivity index (χ0) is 16.8. The van der Waals surface area contributed by atoms with Gasteiger partial charge in [-0.1, -0.05) is 85.0 Å². The summed E-state index contributed by atoms with van der Waals surface area (Å²) in [4.78, 5) is 2.02. The SMILES string of the molecule is CCCCCCCCC(CC(CC)CCCC)C(=N)N(C)C. The summed E-state index contributed by atoms with van der Waals surface area (Å²) in [6.45, 7) is 6.87. The van der Waals surface area contributed by atoms with Gasteiger partial charge in [-0.3, -0.25) is 5.41 Å². The monoisotopic (exact) mass is 310 g/mol. The molecule has 2 nitrogen and oxygen atoms in total. The molecule has 2 heteroatoms. The topological polar surface area (TPSA) is 27.1 Å². The Morgan fingerprint density at radius 1 is 0.818 bits per heavy atom. The van der Waals surface area contributed by atoms with Gasteiger partial charge < -0.3 is 4.90 Å². The van der Waals surface area contributed by atoms with Crippen LogP contribution in [0, 0.1) is 17.2 Å². The molecule has 0 bridgehead atoms. The molecule has 0 saturated heterocycles. The van der Waals surface area contributed by atoms with Crippen LogP contribution >= 0.6 is 0 Å². The predicted molar refractivity (Wildman–Crippen MR) is 101 cm³/mol. The van der Waals surface area contributed by atoms with Gasteiger partial charge in [0.2, 0.25) is 0 Å². The number of hydrogen-bond acceptors (Lipinski definition) is 1. The third kappa shape index (κ3) is 10.2. The van der Waals surface area contributed by atoms with E-state index in [0.29, 0.717) is 5.92 Å². The first-order valence-corrected chi connectivity index (χ1v) is 9.82. The Bertz CT molecular complexity index is 260. The Balaban J connectivity index is 4.28. The van der Waals surface area contributed by atoms with Crippen molar-refractivity contribution in [1.82, 2.24) is 4.90 Å². The van der Waals surface area contributed by atoms with E-state index in [1.165, 1.54) is 77.0 Å². The molecular formula is C20H42N2. The summed E-state index contributed by atoms with van der Waals surface area (Å²) in [5.74, 6) is 2.14. The number of hydrogen-bond donors (Lipinski definition) is 1. The molecule has 0 aliphatic rings. The van der Waals surface area contributed by atoms with Gasteiger partial charge in [-0.15, -0.1) is 0 Å². The molecule has 0 radical (unpaired) electrons. The van der Waals surface area contributed by atoms with E-state index >= 15 is 0 Å². The highest BCUT2D eigenvalue weighted by Gasteiger charge is 2.20. The van der Waals surface area contributed by atoms with Crippen LogP contribution in [0.3, 0.4) is 0 Å². The van der Waals surface area contributed by atoms with Crippen LogP contribution in [0.2, 0.25) is 0 Å². The first-order chi connectivity index (χ1) is 10.6. The molecule has 0 saturated carbocycles. The minimum Gasteiger partial charge on any atom is -0.366 e. The molecule has 0 aliphatic heterocycles. The van der Waals surface area contributed by atoms with Gasteiger partial charge in [0.15, 0.2) is 0 Å². The Morgan fingerprint density at radius 2 is 1.41 bits per heavy atom. The van der Waals surface area contributed by atoms with Crippen LogP contribution in [0.5, 0.6) is 0 Å². The van der Waals surface area contributed by atoms with Crippen LogP contribution in [0.25, 0.3) is 0 Å². The Morgan fingerprint density at radius 3 is 1.95 bits per heavy atom. The lowest BCUT2D eigenvalue weighted by atomic mass is 9.85. The predicted octanol–water partition coefficient (Wildman–Crippen LogP) is 6.50. The van der Waals surface area contributed by atoms with Gasteiger partial charge in [-0.25, -0.2) is 0 Å². The second-order valence-electron chi connectivity index (χ2n) is 7.19. The van der Waals surface area contributed by atoms with Gasteiger partial charge in [-0.2, -0.15) is 0 Å². The number of nitrogens with one attached hydrogen (secondary N) is 1. The molecule has 0 aromatic rings. The standard InChI is InChI=1S/C20H42N2/c1-6-9-11-12-13-14-16-19(20(21)22(4)5)17-18(8-3)15-10-7-2/h18-19,21H,6-17H2,1-5H3. The lowest BCUT2D eigenvalue weighted by Crippen LogP contribution is -2.30. The molecule has 0 aromatic heterocycles. The number of rotatable bonds is 14. The quantitative estimate of drug-likeness (QED) is 0.221. The van der Waals surface area contributed by atoms with Crippen molar-refractivity contribution < 1.29 is 0 Å². The molecule has 0 rings (SSSR count). The molecule has 0 amide bonds. The molecule has 132 valence electrons. The average molecular weight is 311 g/mol. The van der Waals surface area contributed by atoms with Gasteiger partial charge in [0, 0.05) is 20.0 Å². The van der Waals surface area contributed by atoms with Crippen LogP contribution in [-0.2, 0) is 0 Å². The number of unbranched alkanes of at least 4 members (excludes halogenated alkanes) is 6. The number of amidine groups is 1. The minimum absolute atomic E-state index is 0.475. The van der Waals surface area contributed by atoms with Crippen molar-refractivity contribution >= 4 is 5.84 Å². The van der Waals surface area contributed by atoms with Crippen LogP contribution in [0.15, 0.2) is 0 Å². The van der Waals surface area contributed by atoms with E-state index < -0.39 is 0 Å². The van der Waals surface area contributed by atoms with Crippen molar-refractivity contribution in [2.45, 2.75) is 97.8 Å². The van der Waals surface area contributed by atoms with Crippen molar-refractivity contribution in [2.75, 3.05) is 14.1 Å². The fourth-order valence-corrected chi connectivity index (χ4v) is 3.29. The third-order valence-electron chi connectivity index (χ3n) is 4.94. The molecule has 0 spiro atoms. The van der Waals surface area contributed by atoms with Gasteiger partial charge in [-0.05, 0) is 18.8 Å². The van der Waals surface area contributed by atoms with E-state index in [1.54, 1.807) is 0 Å². The first-order valence-electron chi connectivity index (χ1n) is 9.82. The van der Waals surface area contributed by atoms with Crippen LogP contribution in [0.1, 0.15) is 97.8 Å². The van der Waals surface area contributed by atoms with Gasteiger partial charge >= 0.3 is 0 Å². The fourth-order valence-electron chi connectivity index (χ4n) is 3.29. The van der Waals surface area contributed by atoms with Crippen molar-refractivity contribution in [3.63, 3.8) is 0 Å². The summed E-state index contributed by atoms with van der Waals surface area (Å²) in [7, 11) is 4.06. The molecule has 0 fully saturated rings. The Hall–Kier alpha value is -0.530. The zero-order valence-corrected chi connectivity index (χ0v) is 16.1. The summed E-state index contributed by atoms with van der Waals surface area (Å²) in [6, 6.07) is 0. The average Bonchev–Trinajstić information content (AvgIpc) is 2.51. The third-order valence-corrected chi connectivity index (χ3v) is 4.94. The van der Waals surface area contributed by atoms with Crippen LogP contribution < -0.4 is 0 Å². The van der Waals surface area contributed by atoms with E-state index in [2.05, 4.69) is 20.8 Å². The highest BCUT2D eigenvalue weighted by atomic mass is 15.1. The Kier molecular flexibility index (Phi) is 13.7. The normalized spacial score (nSPS) is 13.9. The van der Waals surface area contributed by atoms with Crippen molar-refractivity contribution in [2.24, 2.45) is 11.8 Å². The molecule has 0 aromatic carbocycles. The maximum atomic E-state index is 8.42. The first kappa shape index (κ1) is 21.5. The Labute approximate surface area is 140 Å². The minimum atomic E-state index is 0.475. The molecule has 2 atom stereocenters. The molecule has 0 aliphatic carbocycles. The summed E-state index contributed by atoms with van der Waals surface area (Å²) in [5, 5.41) is 8.42. The maximum absolute atomic E-state index is 8.42. The lowest BCUT2D eigenvalue weighted by Gasteiger charge is -2.27. The van der Waals surface area contributed by atoms with E-state index in [-0.39, 0.29) is 0 Å². The van der Waals surface area contributed by atoms with E-state index in [9.17, 15) is 0 Å². The summed E-state index contributed by atoms with van der Waals surface area (Å²) in [5.41, 5.74) is 0. The second kappa shape index (κ2) is 14.1. The van der Waals surface area contributed by atoms with Crippen molar-refractivity contribution in [3.8, 4) is 0 Å². The van der Waals surface area contributed by atoms with Gasteiger partial charge in [0.25, 0.3) is 0 Å². The van der Waals surface area contributed by atoms with E-state index in [1.807, 2.05) is 19.0 Å². The molecule has 0 heterocycles. The molecule has 2 unspecified atom stereocenters. The second-order valence-corrected chi connectivity index (χ2v) is 7.19. The number of nitrogens with zero attached hydrogens (tertiary/aromatic N) is 1. The fraction of sp³-hybridized carbons (Fsp3) is 0.950. The van der Waals surface area contributed by atoms with Crippen molar-refractivity contribution in [1.29, 1.82) is 5.41 Å².